The van der Waals surface area contributed by atoms with E-state index in [0.29, 0.717) is 0 Å². The van der Waals surface area contributed by atoms with E-state index in [2.05, 4.69) is 76.2 Å². The third-order valence-electron chi connectivity index (χ3n) is 7.87. The van der Waals surface area contributed by atoms with Crippen LogP contribution in [-0.4, -0.2) is 0 Å². The van der Waals surface area contributed by atoms with Crippen molar-refractivity contribution in [2.75, 3.05) is 0 Å². The molecule has 2 aromatic carbocycles. The van der Waals surface area contributed by atoms with Crippen LogP contribution in [0.5, 0.6) is 0 Å². The van der Waals surface area contributed by atoms with Gasteiger partial charge in [0.05, 0.1) is 12.2 Å². The predicted octanol–water partition coefficient (Wildman–Crippen LogP) is 11.9. The molecule has 0 fully saturated rings. The summed E-state index contributed by atoms with van der Waals surface area (Å²) in [4.78, 5) is 0. The van der Waals surface area contributed by atoms with Crippen LogP contribution in [0.15, 0.2) is 48.5 Å². The second-order valence-electron chi connectivity index (χ2n) is 11.1. The van der Waals surface area contributed by atoms with E-state index >= 15 is 0 Å². The zero-order valence-electron chi connectivity index (χ0n) is 24.9. The Morgan fingerprint density at radius 3 is 1.24 bits per heavy atom. The summed E-state index contributed by atoms with van der Waals surface area (Å²) in [6.45, 7) is 9.20. The van der Waals surface area contributed by atoms with E-state index < -0.39 is 0 Å². The van der Waals surface area contributed by atoms with Crippen LogP contribution in [0.1, 0.15) is 165 Å². The molecule has 0 saturated carbocycles. The van der Waals surface area contributed by atoms with Crippen molar-refractivity contribution in [1.82, 2.24) is 0 Å². The van der Waals surface area contributed by atoms with Crippen LogP contribution < -0.4 is 0 Å². The zero-order valence-corrected chi connectivity index (χ0v) is 24.9. The smallest absolute Gasteiger partial charge is 0.0836 e. The minimum absolute atomic E-state index is 0.189. The Hall–Kier alpha value is -1.60. The highest BCUT2D eigenvalue weighted by Crippen LogP contribution is 2.37. The number of ether oxygens (including phenoxy) is 1. The molecular formula is C36H58O. The van der Waals surface area contributed by atoms with Gasteiger partial charge in [-0.25, -0.2) is 0 Å². The van der Waals surface area contributed by atoms with Crippen molar-refractivity contribution in [2.45, 2.75) is 155 Å². The van der Waals surface area contributed by atoms with E-state index in [-0.39, 0.29) is 12.2 Å². The Balaban J connectivity index is 2.31. The van der Waals surface area contributed by atoms with E-state index in [9.17, 15) is 0 Å². The Labute approximate surface area is 230 Å². The van der Waals surface area contributed by atoms with Crippen LogP contribution in [0.2, 0.25) is 0 Å². The molecule has 0 aliphatic rings. The summed E-state index contributed by atoms with van der Waals surface area (Å²) < 4.78 is 7.28. The lowest BCUT2D eigenvalue weighted by molar-refractivity contribution is -0.0272. The summed E-state index contributed by atoms with van der Waals surface area (Å²) in [7, 11) is 0. The Morgan fingerprint density at radius 1 is 0.459 bits per heavy atom. The molecule has 0 spiro atoms. The maximum atomic E-state index is 7.28. The van der Waals surface area contributed by atoms with Gasteiger partial charge >= 0.3 is 0 Å². The van der Waals surface area contributed by atoms with Gasteiger partial charge in [0.1, 0.15) is 0 Å². The average molecular weight is 507 g/mol. The monoisotopic (exact) mass is 506 g/mol. The van der Waals surface area contributed by atoms with Crippen molar-refractivity contribution >= 4 is 0 Å². The van der Waals surface area contributed by atoms with Crippen LogP contribution in [-0.2, 0) is 17.6 Å². The third kappa shape index (κ3) is 12.2. The summed E-state index contributed by atoms with van der Waals surface area (Å²) in [6, 6.07) is 18.3. The maximum Gasteiger partial charge on any atom is 0.0836 e. The summed E-state index contributed by atoms with van der Waals surface area (Å²) in [5.74, 6) is 0. The summed E-state index contributed by atoms with van der Waals surface area (Å²) in [5, 5.41) is 0. The van der Waals surface area contributed by atoms with Gasteiger partial charge in [-0.1, -0.05) is 153 Å². The van der Waals surface area contributed by atoms with Crippen molar-refractivity contribution < 1.29 is 4.74 Å². The molecule has 208 valence electrons. The predicted molar refractivity (Wildman–Crippen MR) is 163 cm³/mol. The number of hydrogen-bond acceptors (Lipinski definition) is 1. The van der Waals surface area contributed by atoms with Gasteiger partial charge in [0, 0.05) is 0 Å². The van der Waals surface area contributed by atoms with Crippen molar-refractivity contribution in [1.29, 1.82) is 0 Å². The highest BCUT2D eigenvalue weighted by atomic mass is 16.5. The molecule has 2 atom stereocenters. The molecule has 0 bridgehead atoms. The molecule has 0 aliphatic carbocycles. The second kappa shape index (κ2) is 20.4. The maximum absolute atomic E-state index is 7.28. The van der Waals surface area contributed by atoms with Gasteiger partial charge in [0.2, 0.25) is 0 Å². The minimum atomic E-state index is 0.189. The summed E-state index contributed by atoms with van der Waals surface area (Å²) in [5.41, 5.74) is 5.91. The lowest BCUT2D eigenvalue weighted by Gasteiger charge is -2.29. The zero-order chi connectivity index (χ0) is 26.6. The molecule has 1 nitrogen and oxygen atoms in total. The lowest BCUT2D eigenvalue weighted by Crippen LogP contribution is -2.14. The van der Waals surface area contributed by atoms with Crippen LogP contribution in [0.25, 0.3) is 0 Å². The quantitative estimate of drug-likeness (QED) is 0.144. The van der Waals surface area contributed by atoms with Crippen LogP contribution >= 0.6 is 0 Å². The average Bonchev–Trinajstić information content (AvgIpc) is 2.93. The van der Waals surface area contributed by atoms with Crippen molar-refractivity contribution in [2.24, 2.45) is 0 Å². The van der Waals surface area contributed by atoms with Crippen molar-refractivity contribution in [3.8, 4) is 0 Å². The minimum Gasteiger partial charge on any atom is -0.366 e. The van der Waals surface area contributed by atoms with Gasteiger partial charge in [-0.3, -0.25) is 0 Å². The molecule has 0 amide bonds. The number of benzene rings is 2. The molecule has 2 unspecified atom stereocenters. The van der Waals surface area contributed by atoms with Gasteiger partial charge in [0.15, 0.2) is 0 Å². The van der Waals surface area contributed by atoms with Gasteiger partial charge in [-0.15, -0.1) is 0 Å². The van der Waals surface area contributed by atoms with E-state index in [0.717, 1.165) is 25.7 Å². The van der Waals surface area contributed by atoms with Gasteiger partial charge in [-0.2, -0.15) is 0 Å². The van der Waals surface area contributed by atoms with Crippen LogP contribution in [0.3, 0.4) is 0 Å². The Bertz CT molecular complexity index is 742. The first-order valence-corrected chi connectivity index (χ1v) is 16.1. The topological polar surface area (TPSA) is 9.23 Å². The molecule has 0 aliphatic heterocycles. The van der Waals surface area contributed by atoms with Crippen LogP contribution in [0, 0.1) is 0 Å². The highest BCUT2D eigenvalue weighted by Gasteiger charge is 2.23. The van der Waals surface area contributed by atoms with E-state index in [4.69, 9.17) is 4.74 Å². The summed E-state index contributed by atoms with van der Waals surface area (Å²) in [6.07, 6.45) is 23.1. The molecular weight excluding hydrogens is 448 g/mol. The van der Waals surface area contributed by atoms with Gasteiger partial charge in [-0.05, 0) is 60.8 Å². The molecule has 2 aromatic rings. The fourth-order valence-corrected chi connectivity index (χ4v) is 5.54. The molecule has 1 heteroatoms. The first-order chi connectivity index (χ1) is 18.2. The molecule has 37 heavy (non-hydrogen) atoms. The fourth-order valence-electron chi connectivity index (χ4n) is 5.54. The van der Waals surface area contributed by atoms with Gasteiger partial charge < -0.3 is 4.74 Å². The van der Waals surface area contributed by atoms with Crippen LogP contribution in [0.4, 0.5) is 0 Å². The molecule has 2 rings (SSSR count). The van der Waals surface area contributed by atoms with E-state index in [1.54, 1.807) is 0 Å². The third-order valence-corrected chi connectivity index (χ3v) is 7.87. The lowest BCUT2D eigenvalue weighted by atomic mass is 9.92. The molecule has 0 N–H and O–H groups in total. The molecule has 0 aromatic heterocycles. The normalized spacial score (nSPS) is 13.1. The van der Waals surface area contributed by atoms with Crippen molar-refractivity contribution in [3.63, 3.8) is 0 Å². The largest absolute Gasteiger partial charge is 0.366 e. The first-order valence-electron chi connectivity index (χ1n) is 16.1. The van der Waals surface area contributed by atoms with Crippen molar-refractivity contribution in [3.05, 3.63) is 70.8 Å². The molecule has 0 radical (unpaired) electrons. The van der Waals surface area contributed by atoms with Gasteiger partial charge in [0.25, 0.3) is 0 Å². The summed E-state index contributed by atoms with van der Waals surface area (Å²) >= 11 is 0. The number of rotatable bonds is 22. The number of hydrogen-bond donors (Lipinski definition) is 0. The standard InChI is InChI=1S/C36H58O/c1-5-9-13-15-17-29-35(33-27-21-19-25-31(33)23-11-7-3)37-36(30-18-16-14-10-6-2)34-28-22-20-26-32(34)24-12-8-4/h19-22,25-28,35-36H,5-18,23-24,29-30H2,1-4H3. The number of aryl methyl sites for hydroxylation is 2. The highest BCUT2D eigenvalue weighted by molar-refractivity contribution is 5.32. The molecule has 0 heterocycles. The number of unbranched alkanes of at least 4 members (excludes halogenated alkanes) is 10. The van der Waals surface area contributed by atoms with E-state index in [1.165, 1.54) is 112 Å². The first kappa shape index (κ1) is 31.6. The SMILES string of the molecule is CCCCCCCC(OC(CCCCCCC)c1ccccc1CCCC)c1ccccc1CCCC. The second-order valence-corrected chi connectivity index (χ2v) is 11.1. The molecule has 0 saturated heterocycles. The van der Waals surface area contributed by atoms with E-state index in [1.807, 2.05) is 0 Å². The Morgan fingerprint density at radius 2 is 0.838 bits per heavy atom. The fraction of sp³-hybridized carbons (Fsp3) is 0.667. The Kier molecular flexibility index (Phi) is 17.4.